The van der Waals surface area contributed by atoms with E-state index in [1.54, 1.807) is 6.20 Å². The Bertz CT molecular complexity index is 1400. The van der Waals surface area contributed by atoms with Crippen LogP contribution in [0.25, 0.3) is 32.9 Å². The van der Waals surface area contributed by atoms with Gasteiger partial charge in [0, 0.05) is 28.7 Å². The molecule has 0 saturated heterocycles. The van der Waals surface area contributed by atoms with Crippen molar-refractivity contribution in [1.29, 1.82) is 0 Å². The van der Waals surface area contributed by atoms with Crippen molar-refractivity contribution in [2.24, 2.45) is 0 Å². The Hall–Kier alpha value is -4.06. The van der Waals surface area contributed by atoms with E-state index in [4.69, 9.17) is 9.84 Å². The summed E-state index contributed by atoms with van der Waals surface area (Å²) in [5.41, 5.74) is 4.65. The van der Waals surface area contributed by atoms with Crippen LogP contribution in [0, 0.1) is 5.82 Å². The van der Waals surface area contributed by atoms with Crippen LogP contribution in [0.5, 0.6) is 5.75 Å². The van der Waals surface area contributed by atoms with Gasteiger partial charge >= 0.3 is 5.97 Å². The maximum atomic E-state index is 14.5. The van der Waals surface area contributed by atoms with Crippen molar-refractivity contribution in [3.8, 4) is 16.9 Å². The number of aliphatic carboxylic acids is 1. The summed E-state index contributed by atoms with van der Waals surface area (Å²) in [6, 6.07) is 18.5. The summed E-state index contributed by atoms with van der Waals surface area (Å²) in [6.07, 6.45) is 3.28. The Morgan fingerprint density at radius 1 is 0.935 bits per heavy atom. The van der Waals surface area contributed by atoms with Gasteiger partial charge in [0.25, 0.3) is 0 Å². The van der Waals surface area contributed by atoms with Crippen LogP contribution in [0.3, 0.4) is 0 Å². The third kappa shape index (κ3) is 3.53. The molecule has 0 aliphatic carbocycles. The lowest BCUT2D eigenvalue weighted by atomic mass is 9.98. The molecule has 3 aromatic carbocycles. The number of carboxylic acids is 1. The van der Waals surface area contributed by atoms with E-state index in [1.807, 2.05) is 54.7 Å². The van der Waals surface area contributed by atoms with E-state index >= 15 is 0 Å². The molecule has 6 heteroatoms. The highest BCUT2D eigenvalue weighted by atomic mass is 19.1. The van der Waals surface area contributed by atoms with Crippen molar-refractivity contribution < 1.29 is 19.0 Å². The zero-order valence-electron chi connectivity index (χ0n) is 16.5. The molecule has 0 unspecified atom stereocenters. The molecule has 0 atom stereocenters. The van der Waals surface area contributed by atoms with Crippen molar-refractivity contribution in [2.75, 3.05) is 0 Å². The average molecular weight is 414 g/mol. The van der Waals surface area contributed by atoms with Crippen LogP contribution in [0.4, 0.5) is 4.39 Å². The first-order valence-electron chi connectivity index (χ1n) is 9.88. The summed E-state index contributed by atoms with van der Waals surface area (Å²) < 4.78 is 20.5. The van der Waals surface area contributed by atoms with Crippen molar-refractivity contribution in [3.63, 3.8) is 0 Å². The number of fused-ring (bicyclic) bond motifs is 2. The first kappa shape index (κ1) is 18.9. The number of H-pyrrole nitrogens is 2. The Labute approximate surface area is 177 Å². The number of aromatic amines is 2. The molecule has 0 amide bonds. The van der Waals surface area contributed by atoms with Crippen molar-refractivity contribution in [2.45, 2.75) is 13.0 Å². The van der Waals surface area contributed by atoms with Crippen LogP contribution >= 0.6 is 0 Å². The van der Waals surface area contributed by atoms with Gasteiger partial charge in [0.15, 0.2) is 0 Å². The summed E-state index contributed by atoms with van der Waals surface area (Å²) in [5, 5.41) is 10.6. The Morgan fingerprint density at radius 2 is 1.77 bits per heavy atom. The van der Waals surface area contributed by atoms with Crippen molar-refractivity contribution in [1.82, 2.24) is 9.97 Å². The number of rotatable bonds is 6. The van der Waals surface area contributed by atoms with E-state index in [0.717, 1.165) is 22.0 Å². The summed E-state index contributed by atoms with van der Waals surface area (Å²) in [4.78, 5) is 17.5. The monoisotopic (exact) mass is 414 g/mol. The van der Waals surface area contributed by atoms with Gasteiger partial charge in [-0.2, -0.15) is 0 Å². The SMILES string of the molecule is O=C(O)Cc1c[nH]c2c(-c3ccc(OCc4ccccc4)c4[nH]ccc34)cc(F)cc12. The fraction of sp³-hybridized carbons (Fsp3) is 0.0800. The Morgan fingerprint density at radius 3 is 2.58 bits per heavy atom. The van der Waals surface area contributed by atoms with Crippen LogP contribution in [0.2, 0.25) is 0 Å². The third-order valence-electron chi connectivity index (χ3n) is 5.39. The number of hydrogen-bond acceptors (Lipinski definition) is 2. The average Bonchev–Trinajstić information content (AvgIpc) is 3.40. The number of halogens is 1. The standard InChI is InChI=1S/C25H19FN2O3/c26-17-11-20-16(10-23(29)30)13-28-24(20)21(12-17)18-6-7-22(25-19(18)8-9-27-25)31-14-15-4-2-1-3-5-15/h1-9,11-13,27-28H,10,14H2,(H,29,30). The predicted molar refractivity (Wildman–Crippen MR) is 118 cm³/mol. The van der Waals surface area contributed by atoms with Crippen LogP contribution in [-0.2, 0) is 17.8 Å². The minimum Gasteiger partial charge on any atom is -0.487 e. The number of aromatic nitrogens is 2. The summed E-state index contributed by atoms with van der Waals surface area (Å²) in [6.45, 7) is 0.438. The van der Waals surface area contributed by atoms with Gasteiger partial charge < -0.3 is 19.8 Å². The second-order valence-electron chi connectivity index (χ2n) is 7.41. The van der Waals surface area contributed by atoms with Gasteiger partial charge in [0.05, 0.1) is 17.5 Å². The molecule has 0 saturated carbocycles. The lowest BCUT2D eigenvalue weighted by molar-refractivity contribution is -0.136. The summed E-state index contributed by atoms with van der Waals surface area (Å²) in [5.74, 6) is -0.667. The highest BCUT2D eigenvalue weighted by Gasteiger charge is 2.17. The minimum absolute atomic E-state index is 0.172. The van der Waals surface area contributed by atoms with Crippen LogP contribution in [-0.4, -0.2) is 21.0 Å². The molecule has 3 N–H and O–H groups in total. The molecule has 0 spiro atoms. The van der Waals surface area contributed by atoms with E-state index in [0.29, 0.717) is 34.4 Å². The number of ether oxygens (including phenoxy) is 1. The highest BCUT2D eigenvalue weighted by molar-refractivity contribution is 6.06. The lowest BCUT2D eigenvalue weighted by Gasteiger charge is -2.11. The molecular weight excluding hydrogens is 395 g/mol. The summed E-state index contributed by atoms with van der Waals surface area (Å²) in [7, 11) is 0. The highest BCUT2D eigenvalue weighted by Crippen LogP contribution is 2.38. The van der Waals surface area contributed by atoms with Gasteiger partial charge in [0.1, 0.15) is 18.2 Å². The minimum atomic E-state index is -0.959. The van der Waals surface area contributed by atoms with Gasteiger partial charge in [-0.3, -0.25) is 4.79 Å². The van der Waals surface area contributed by atoms with Crippen LogP contribution < -0.4 is 4.74 Å². The fourth-order valence-corrected chi connectivity index (χ4v) is 3.99. The summed E-state index contributed by atoms with van der Waals surface area (Å²) >= 11 is 0. The Kier molecular flexibility index (Phi) is 4.67. The van der Waals surface area contributed by atoms with Crippen molar-refractivity contribution in [3.05, 3.63) is 90.0 Å². The van der Waals surface area contributed by atoms with E-state index in [1.165, 1.54) is 12.1 Å². The van der Waals surface area contributed by atoms with Gasteiger partial charge in [-0.15, -0.1) is 0 Å². The molecule has 5 aromatic rings. The number of nitrogens with one attached hydrogen (secondary N) is 2. The van der Waals surface area contributed by atoms with E-state index in [-0.39, 0.29) is 6.42 Å². The van der Waals surface area contributed by atoms with Gasteiger partial charge in [-0.1, -0.05) is 30.3 Å². The molecule has 2 heterocycles. The first-order chi connectivity index (χ1) is 15.1. The van der Waals surface area contributed by atoms with Gasteiger partial charge in [-0.05, 0) is 47.0 Å². The fourth-order valence-electron chi connectivity index (χ4n) is 3.99. The van der Waals surface area contributed by atoms with Crippen LogP contribution in [0.1, 0.15) is 11.1 Å². The zero-order valence-corrected chi connectivity index (χ0v) is 16.5. The predicted octanol–water partition coefficient (Wildman–Crippen LogP) is 5.66. The molecule has 0 aliphatic rings. The largest absolute Gasteiger partial charge is 0.487 e. The third-order valence-corrected chi connectivity index (χ3v) is 5.39. The molecule has 154 valence electrons. The van der Waals surface area contributed by atoms with Crippen LogP contribution in [0.15, 0.2) is 73.1 Å². The van der Waals surface area contributed by atoms with Crippen molar-refractivity contribution >= 4 is 27.8 Å². The number of carbonyl (C=O) groups is 1. The molecule has 0 aliphatic heterocycles. The second-order valence-corrected chi connectivity index (χ2v) is 7.41. The molecule has 31 heavy (non-hydrogen) atoms. The molecular formula is C25H19FN2O3. The topological polar surface area (TPSA) is 78.1 Å². The first-order valence-corrected chi connectivity index (χ1v) is 9.88. The Balaban J connectivity index is 1.58. The molecule has 0 radical (unpaired) electrons. The zero-order chi connectivity index (χ0) is 21.4. The number of hydrogen-bond donors (Lipinski definition) is 3. The number of benzene rings is 3. The maximum Gasteiger partial charge on any atom is 0.307 e. The smallest absolute Gasteiger partial charge is 0.307 e. The molecule has 0 bridgehead atoms. The molecule has 2 aromatic heterocycles. The number of carboxylic acid groups (broad SMARTS) is 1. The molecule has 5 rings (SSSR count). The maximum absolute atomic E-state index is 14.5. The second kappa shape index (κ2) is 7.65. The van der Waals surface area contributed by atoms with E-state index in [2.05, 4.69) is 9.97 Å². The quantitative estimate of drug-likeness (QED) is 0.335. The van der Waals surface area contributed by atoms with Gasteiger partial charge in [0.2, 0.25) is 0 Å². The van der Waals surface area contributed by atoms with Gasteiger partial charge in [-0.25, -0.2) is 4.39 Å². The normalized spacial score (nSPS) is 11.3. The van der Waals surface area contributed by atoms with E-state index < -0.39 is 11.8 Å². The van der Waals surface area contributed by atoms with E-state index in [9.17, 15) is 9.18 Å². The molecule has 0 fully saturated rings. The molecule has 5 nitrogen and oxygen atoms in total. The lowest BCUT2D eigenvalue weighted by Crippen LogP contribution is -1.99.